The van der Waals surface area contributed by atoms with Gasteiger partial charge in [0.15, 0.2) is 0 Å². The fourth-order valence-corrected chi connectivity index (χ4v) is 7.50. The number of rotatable bonds is 4. The van der Waals surface area contributed by atoms with Crippen molar-refractivity contribution in [3.05, 3.63) is 36.0 Å². The van der Waals surface area contributed by atoms with Gasteiger partial charge in [0.1, 0.15) is 0 Å². The first-order chi connectivity index (χ1) is 15.6. The minimum Gasteiger partial charge on any atom is -0.378 e. The summed E-state index contributed by atoms with van der Waals surface area (Å²) in [6.07, 6.45) is 12.3. The molecule has 0 spiro atoms. The number of fused-ring (bicyclic) bond motifs is 5. The summed E-state index contributed by atoms with van der Waals surface area (Å²) in [5, 5.41) is 0.820. The molecule has 2 aromatic rings. The number of hydrogen-bond acceptors (Lipinski definition) is 4. The normalized spacial score (nSPS) is 35.0. The van der Waals surface area contributed by atoms with Crippen LogP contribution in [0.2, 0.25) is 0 Å². The van der Waals surface area contributed by atoms with Gasteiger partial charge in [-0.3, -0.25) is 14.5 Å². The number of piperidine rings is 1. The van der Waals surface area contributed by atoms with Gasteiger partial charge in [-0.25, -0.2) is 0 Å². The van der Waals surface area contributed by atoms with Gasteiger partial charge >= 0.3 is 0 Å². The van der Waals surface area contributed by atoms with Crippen molar-refractivity contribution in [2.24, 2.45) is 17.6 Å². The van der Waals surface area contributed by atoms with Gasteiger partial charge in [-0.2, -0.15) is 0 Å². The van der Waals surface area contributed by atoms with E-state index in [1.807, 2.05) is 30.5 Å². The Kier molecular flexibility index (Phi) is 5.10. The maximum atomic E-state index is 12.5. The Morgan fingerprint density at radius 2 is 1.56 bits per heavy atom. The number of para-hydroxylation sites is 1. The van der Waals surface area contributed by atoms with Crippen LogP contribution in [0.25, 0.3) is 10.9 Å². The first-order valence-corrected chi connectivity index (χ1v) is 12.4. The average molecular weight is 436 g/mol. The number of benzene rings is 1. The van der Waals surface area contributed by atoms with Crippen molar-refractivity contribution in [1.82, 2.24) is 9.47 Å². The molecule has 2 aliphatic carbocycles. The Bertz CT molecular complexity index is 1020. The highest BCUT2D eigenvalue weighted by atomic mass is 16.5. The molecule has 2 aliphatic heterocycles. The highest BCUT2D eigenvalue weighted by Gasteiger charge is 2.45. The largest absolute Gasteiger partial charge is 0.378 e. The zero-order chi connectivity index (χ0) is 21.8. The number of aromatic nitrogens is 1. The van der Waals surface area contributed by atoms with Crippen molar-refractivity contribution in [1.29, 1.82) is 0 Å². The van der Waals surface area contributed by atoms with Crippen molar-refractivity contribution in [2.45, 2.75) is 75.5 Å². The number of nitrogens with two attached hydrogens (primary N) is 1. The highest BCUT2D eigenvalue weighted by molar-refractivity contribution is 6.44. The van der Waals surface area contributed by atoms with Crippen molar-refractivity contribution in [3.8, 4) is 0 Å². The lowest BCUT2D eigenvalue weighted by Gasteiger charge is -2.55. The molecule has 2 saturated carbocycles. The lowest BCUT2D eigenvalue weighted by molar-refractivity contribution is -0.118. The topological polar surface area (TPSA) is 77.6 Å². The molecule has 4 unspecified atom stereocenters. The number of morpholine rings is 1. The van der Waals surface area contributed by atoms with Crippen molar-refractivity contribution in [3.63, 3.8) is 0 Å². The third kappa shape index (κ3) is 3.39. The second kappa shape index (κ2) is 7.99. The summed E-state index contributed by atoms with van der Waals surface area (Å²) in [6, 6.07) is 9.73. The number of amides is 1. The van der Waals surface area contributed by atoms with Crippen molar-refractivity contribution >= 4 is 22.6 Å². The molecule has 1 aromatic carbocycles. The van der Waals surface area contributed by atoms with Gasteiger partial charge in [-0.05, 0) is 50.0 Å². The number of nitrogens with zero attached hydrogens (tertiary/aromatic N) is 2. The number of carbonyl (C=O) groups is 2. The SMILES string of the molecule is NC(=O)C(=O)c1cn(C2CC3COC[C@@H](C2)N3C2CC3CCC[C@H](C3)C2)c2ccccc12. The molecule has 6 heteroatoms. The third-order valence-electron chi connectivity index (χ3n) is 8.68. The molecular weight excluding hydrogens is 402 g/mol. The van der Waals surface area contributed by atoms with Crippen LogP contribution < -0.4 is 5.73 Å². The molecule has 3 heterocycles. The molecular formula is C26H33N3O3. The van der Waals surface area contributed by atoms with E-state index in [-0.39, 0.29) is 0 Å². The fraction of sp³-hybridized carbons (Fsp3) is 0.615. The van der Waals surface area contributed by atoms with E-state index in [0.717, 1.165) is 48.8 Å². The molecule has 1 amide bonds. The second-order valence-electron chi connectivity index (χ2n) is 10.6. The van der Waals surface area contributed by atoms with Gasteiger partial charge in [0.05, 0.1) is 18.8 Å². The van der Waals surface area contributed by atoms with E-state index in [0.29, 0.717) is 29.7 Å². The van der Waals surface area contributed by atoms with Crippen LogP contribution in [0.4, 0.5) is 0 Å². The van der Waals surface area contributed by atoms with Crippen LogP contribution in [-0.2, 0) is 9.53 Å². The Morgan fingerprint density at radius 1 is 0.875 bits per heavy atom. The van der Waals surface area contributed by atoms with E-state index < -0.39 is 11.7 Å². The number of carbonyl (C=O) groups excluding carboxylic acids is 2. The highest BCUT2D eigenvalue weighted by Crippen LogP contribution is 2.46. The summed E-state index contributed by atoms with van der Waals surface area (Å²) in [7, 11) is 0. The number of Topliss-reactive ketones (excluding diaryl/α,β-unsaturated/α-hetero) is 1. The number of ketones is 1. The lowest BCUT2D eigenvalue weighted by Crippen LogP contribution is -2.61. The minimum atomic E-state index is -0.893. The van der Waals surface area contributed by atoms with E-state index >= 15 is 0 Å². The summed E-state index contributed by atoms with van der Waals surface area (Å²) in [4.78, 5) is 27.0. The monoisotopic (exact) mass is 435 g/mol. The maximum Gasteiger partial charge on any atom is 0.289 e. The van der Waals surface area contributed by atoms with Gasteiger partial charge in [-0.1, -0.05) is 37.5 Å². The molecule has 0 radical (unpaired) electrons. The van der Waals surface area contributed by atoms with Gasteiger partial charge in [-0.15, -0.1) is 0 Å². The summed E-state index contributed by atoms with van der Waals surface area (Å²) < 4.78 is 8.27. The zero-order valence-corrected chi connectivity index (χ0v) is 18.6. The standard InChI is InChI=1S/C26H33N3O3/c27-26(31)25(30)23-13-28(24-7-2-1-6-22(23)24)18-11-20-14-32-15-21(12-18)29(20)19-9-16-4-3-5-17(8-16)10-19/h1-2,6-7,13,16-21H,3-5,8-12,14-15H2,(H2,27,31)/t16-,17?,18?,19?,20-,21?/m1/s1. The van der Waals surface area contributed by atoms with E-state index in [4.69, 9.17) is 10.5 Å². The molecule has 6 nitrogen and oxygen atoms in total. The first-order valence-electron chi connectivity index (χ1n) is 12.4. The van der Waals surface area contributed by atoms with Crippen molar-refractivity contribution in [2.75, 3.05) is 13.2 Å². The smallest absolute Gasteiger partial charge is 0.289 e. The Balaban J connectivity index is 1.30. The number of ether oxygens (including phenoxy) is 1. The molecule has 2 saturated heterocycles. The van der Waals surface area contributed by atoms with E-state index in [9.17, 15) is 9.59 Å². The molecule has 6 atom stereocenters. The van der Waals surface area contributed by atoms with Crippen LogP contribution in [0.3, 0.4) is 0 Å². The predicted octanol–water partition coefficient (Wildman–Crippen LogP) is 3.68. The summed E-state index contributed by atoms with van der Waals surface area (Å²) >= 11 is 0. The Labute approximate surface area is 189 Å². The van der Waals surface area contributed by atoms with E-state index in [1.165, 1.54) is 38.5 Å². The minimum absolute atomic E-state index is 0.299. The van der Waals surface area contributed by atoms with Crippen molar-refractivity contribution < 1.29 is 14.3 Å². The molecule has 1 aromatic heterocycles. The molecule has 32 heavy (non-hydrogen) atoms. The number of primary amides is 1. The molecule has 6 rings (SSSR count). The quantitative estimate of drug-likeness (QED) is 0.587. The van der Waals surface area contributed by atoms with Gasteiger partial charge in [0, 0.05) is 41.3 Å². The Hall–Kier alpha value is -2.18. The molecule has 4 bridgehead atoms. The molecule has 170 valence electrons. The van der Waals surface area contributed by atoms with Crippen LogP contribution in [-0.4, -0.2) is 52.5 Å². The molecule has 4 fully saturated rings. The van der Waals surface area contributed by atoms with Crippen LogP contribution in [0.5, 0.6) is 0 Å². The second-order valence-corrected chi connectivity index (χ2v) is 10.6. The number of hydrogen-bond donors (Lipinski definition) is 1. The van der Waals surface area contributed by atoms with Crippen LogP contribution in [0.15, 0.2) is 30.5 Å². The van der Waals surface area contributed by atoms with E-state index in [1.54, 1.807) is 0 Å². The Morgan fingerprint density at radius 3 is 2.25 bits per heavy atom. The summed E-state index contributed by atoms with van der Waals surface area (Å²) in [6.45, 7) is 1.59. The van der Waals surface area contributed by atoms with Gasteiger partial charge in [0.25, 0.3) is 11.7 Å². The molecule has 2 N–H and O–H groups in total. The van der Waals surface area contributed by atoms with Crippen LogP contribution in [0, 0.1) is 11.8 Å². The predicted molar refractivity (Wildman–Crippen MR) is 122 cm³/mol. The van der Waals surface area contributed by atoms with Crippen LogP contribution >= 0.6 is 0 Å². The summed E-state index contributed by atoms with van der Waals surface area (Å²) in [5.74, 6) is 0.343. The third-order valence-corrected chi connectivity index (χ3v) is 8.68. The average Bonchev–Trinajstić information content (AvgIpc) is 3.17. The first kappa shape index (κ1) is 20.4. The molecule has 4 aliphatic rings. The summed E-state index contributed by atoms with van der Waals surface area (Å²) in [5.41, 5.74) is 6.78. The van der Waals surface area contributed by atoms with E-state index in [2.05, 4.69) is 9.47 Å². The zero-order valence-electron chi connectivity index (χ0n) is 18.6. The lowest BCUT2D eigenvalue weighted by atomic mass is 9.69. The maximum absolute atomic E-state index is 12.5. The fourth-order valence-electron chi connectivity index (χ4n) is 7.50. The van der Waals surface area contributed by atoms with Gasteiger partial charge < -0.3 is 15.0 Å². The van der Waals surface area contributed by atoms with Gasteiger partial charge in [0.2, 0.25) is 0 Å². The van der Waals surface area contributed by atoms with Crippen LogP contribution in [0.1, 0.15) is 67.8 Å².